The third kappa shape index (κ3) is 5.37. The number of aromatic nitrogens is 6. The standard InChI is InChI=1S/C25H28N6O2S/c32-24-21-13-5-6-14-22(21)26-25(30(24)18-20-12-9-16-33-20)34-17-8-2-7-15-31-28-23(27-29-31)19-10-3-1-4-11-19/h1,3-6,10-11,13-14,20H,2,7-9,12,15-18H2. The molecule has 2 aromatic heterocycles. The molecule has 4 aromatic rings. The van der Waals surface area contributed by atoms with E-state index in [0.717, 1.165) is 67.2 Å². The average Bonchev–Trinajstić information content (AvgIpc) is 3.56. The molecule has 3 heterocycles. The molecule has 5 rings (SSSR count). The number of aryl methyl sites for hydroxylation is 1. The maximum absolute atomic E-state index is 13.2. The van der Waals surface area contributed by atoms with E-state index in [2.05, 4.69) is 15.4 Å². The Labute approximate surface area is 202 Å². The summed E-state index contributed by atoms with van der Waals surface area (Å²) in [6.45, 7) is 2.08. The van der Waals surface area contributed by atoms with Crippen molar-refractivity contribution in [2.75, 3.05) is 12.4 Å². The highest BCUT2D eigenvalue weighted by Gasteiger charge is 2.20. The molecule has 1 aliphatic rings. The lowest BCUT2D eigenvalue weighted by atomic mass is 10.2. The third-order valence-corrected chi connectivity index (χ3v) is 7.02. The Balaban J connectivity index is 1.16. The van der Waals surface area contributed by atoms with Crippen molar-refractivity contribution in [2.45, 2.75) is 56.5 Å². The second kappa shape index (κ2) is 10.9. The first-order valence-corrected chi connectivity index (χ1v) is 12.8. The highest BCUT2D eigenvalue weighted by atomic mass is 32.2. The van der Waals surface area contributed by atoms with Crippen molar-refractivity contribution >= 4 is 22.7 Å². The third-order valence-electron chi connectivity index (χ3n) is 5.96. The summed E-state index contributed by atoms with van der Waals surface area (Å²) in [6, 6.07) is 17.5. The first kappa shape index (κ1) is 22.7. The second-order valence-corrected chi connectivity index (χ2v) is 9.51. The van der Waals surface area contributed by atoms with Crippen LogP contribution in [0.3, 0.4) is 0 Å². The smallest absolute Gasteiger partial charge is 0.262 e. The Morgan fingerprint density at radius 1 is 1.03 bits per heavy atom. The number of ether oxygens (including phenoxy) is 1. The lowest BCUT2D eigenvalue weighted by molar-refractivity contribution is 0.0937. The number of fused-ring (bicyclic) bond motifs is 1. The summed E-state index contributed by atoms with van der Waals surface area (Å²) in [5, 5.41) is 14.2. The predicted molar refractivity (Wildman–Crippen MR) is 133 cm³/mol. The number of unbranched alkanes of at least 4 members (excludes halogenated alkanes) is 2. The molecule has 0 bridgehead atoms. The zero-order valence-electron chi connectivity index (χ0n) is 19.0. The summed E-state index contributed by atoms with van der Waals surface area (Å²) >= 11 is 1.65. The number of rotatable bonds is 10. The van der Waals surface area contributed by atoms with Crippen molar-refractivity contribution in [1.29, 1.82) is 0 Å². The maximum atomic E-state index is 13.2. The van der Waals surface area contributed by atoms with Crippen molar-refractivity contribution in [3.05, 3.63) is 65.0 Å². The summed E-state index contributed by atoms with van der Waals surface area (Å²) in [6.07, 6.45) is 5.17. The van der Waals surface area contributed by atoms with Crippen LogP contribution in [0.15, 0.2) is 64.5 Å². The van der Waals surface area contributed by atoms with Crippen LogP contribution in [0.5, 0.6) is 0 Å². The van der Waals surface area contributed by atoms with Gasteiger partial charge in [0.05, 0.1) is 30.1 Å². The molecule has 8 nitrogen and oxygen atoms in total. The number of tetrazole rings is 1. The molecule has 0 radical (unpaired) electrons. The molecule has 2 aromatic carbocycles. The first-order valence-electron chi connectivity index (χ1n) is 11.8. The number of benzene rings is 2. The largest absolute Gasteiger partial charge is 0.376 e. The second-order valence-electron chi connectivity index (χ2n) is 8.45. The Morgan fingerprint density at radius 3 is 2.74 bits per heavy atom. The zero-order chi connectivity index (χ0) is 23.2. The number of hydrogen-bond acceptors (Lipinski definition) is 7. The van der Waals surface area contributed by atoms with Crippen LogP contribution in [0.1, 0.15) is 32.1 Å². The van der Waals surface area contributed by atoms with E-state index in [1.54, 1.807) is 16.6 Å². The Hall–Kier alpha value is -3.04. The van der Waals surface area contributed by atoms with Gasteiger partial charge in [-0.1, -0.05) is 60.6 Å². The minimum atomic E-state index is 0.0232. The Bertz CT molecular complexity index is 1280. The van der Waals surface area contributed by atoms with E-state index < -0.39 is 0 Å². The van der Waals surface area contributed by atoms with E-state index in [0.29, 0.717) is 17.8 Å². The van der Waals surface area contributed by atoms with E-state index in [1.807, 2.05) is 59.2 Å². The van der Waals surface area contributed by atoms with Gasteiger partial charge in [-0.15, -0.1) is 10.2 Å². The van der Waals surface area contributed by atoms with Gasteiger partial charge in [0.1, 0.15) is 0 Å². The van der Waals surface area contributed by atoms with Gasteiger partial charge in [-0.3, -0.25) is 9.36 Å². The molecule has 1 unspecified atom stereocenters. The van der Waals surface area contributed by atoms with Crippen LogP contribution in [0.2, 0.25) is 0 Å². The van der Waals surface area contributed by atoms with E-state index in [4.69, 9.17) is 9.72 Å². The fourth-order valence-electron chi connectivity index (χ4n) is 4.15. The lowest BCUT2D eigenvalue weighted by Crippen LogP contribution is -2.28. The number of thioether (sulfide) groups is 1. The molecular formula is C25H28N6O2S. The molecule has 176 valence electrons. The number of para-hydroxylation sites is 1. The average molecular weight is 477 g/mol. The van der Waals surface area contributed by atoms with Gasteiger partial charge in [0.2, 0.25) is 5.82 Å². The molecule has 0 saturated carbocycles. The quantitative estimate of drug-likeness (QED) is 0.193. The van der Waals surface area contributed by atoms with Gasteiger partial charge in [0.15, 0.2) is 5.16 Å². The lowest BCUT2D eigenvalue weighted by Gasteiger charge is -2.16. The molecule has 0 spiro atoms. The van der Waals surface area contributed by atoms with Crippen LogP contribution in [0, 0.1) is 0 Å². The van der Waals surface area contributed by atoms with Crippen LogP contribution >= 0.6 is 11.8 Å². The van der Waals surface area contributed by atoms with E-state index in [1.165, 1.54) is 0 Å². The van der Waals surface area contributed by atoms with Gasteiger partial charge < -0.3 is 4.74 Å². The van der Waals surface area contributed by atoms with Crippen LogP contribution < -0.4 is 5.56 Å². The Kier molecular flexibility index (Phi) is 7.31. The summed E-state index contributed by atoms with van der Waals surface area (Å²) in [4.78, 5) is 19.6. The van der Waals surface area contributed by atoms with Crippen molar-refractivity contribution in [2.24, 2.45) is 0 Å². The molecule has 34 heavy (non-hydrogen) atoms. The normalized spacial score (nSPS) is 15.8. The van der Waals surface area contributed by atoms with Crippen molar-refractivity contribution in [3.63, 3.8) is 0 Å². The highest BCUT2D eigenvalue weighted by molar-refractivity contribution is 7.99. The van der Waals surface area contributed by atoms with Gasteiger partial charge in [-0.05, 0) is 43.0 Å². The van der Waals surface area contributed by atoms with E-state index in [9.17, 15) is 4.79 Å². The summed E-state index contributed by atoms with van der Waals surface area (Å²) < 4.78 is 7.61. The van der Waals surface area contributed by atoms with Crippen LogP contribution in [0.4, 0.5) is 0 Å². The highest BCUT2D eigenvalue weighted by Crippen LogP contribution is 2.22. The molecule has 1 saturated heterocycles. The van der Waals surface area contributed by atoms with Crippen molar-refractivity contribution in [1.82, 2.24) is 29.8 Å². The maximum Gasteiger partial charge on any atom is 0.262 e. The SMILES string of the molecule is O=c1c2ccccc2nc(SCCCCCn2nnc(-c3ccccc3)n2)n1CC1CCCO1. The van der Waals surface area contributed by atoms with Crippen molar-refractivity contribution in [3.8, 4) is 11.4 Å². The fraction of sp³-hybridized carbons (Fsp3) is 0.400. The van der Waals surface area contributed by atoms with Gasteiger partial charge in [-0.2, -0.15) is 4.80 Å². The minimum Gasteiger partial charge on any atom is -0.376 e. The van der Waals surface area contributed by atoms with Crippen LogP contribution in [0.25, 0.3) is 22.3 Å². The van der Waals surface area contributed by atoms with Crippen LogP contribution in [-0.2, 0) is 17.8 Å². The predicted octanol–water partition coefficient (Wildman–Crippen LogP) is 4.19. The fourth-order valence-corrected chi connectivity index (χ4v) is 5.15. The zero-order valence-corrected chi connectivity index (χ0v) is 19.9. The summed E-state index contributed by atoms with van der Waals surface area (Å²) in [7, 11) is 0. The van der Waals surface area contributed by atoms with E-state index >= 15 is 0 Å². The summed E-state index contributed by atoms with van der Waals surface area (Å²) in [5.41, 5.74) is 1.75. The molecule has 1 aliphatic heterocycles. The Morgan fingerprint density at radius 2 is 1.88 bits per heavy atom. The van der Waals surface area contributed by atoms with Crippen LogP contribution in [-0.4, -0.2) is 48.2 Å². The number of hydrogen-bond donors (Lipinski definition) is 0. The minimum absolute atomic E-state index is 0.0232. The molecular weight excluding hydrogens is 448 g/mol. The molecule has 0 N–H and O–H groups in total. The monoisotopic (exact) mass is 476 g/mol. The molecule has 0 amide bonds. The molecule has 1 atom stereocenters. The molecule has 1 fully saturated rings. The van der Waals surface area contributed by atoms with Gasteiger partial charge >= 0.3 is 0 Å². The molecule has 0 aliphatic carbocycles. The topological polar surface area (TPSA) is 87.7 Å². The number of nitrogens with zero attached hydrogens (tertiary/aromatic N) is 6. The molecule has 9 heteroatoms. The van der Waals surface area contributed by atoms with Gasteiger partial charge in [-0.25, -0.2) is 4.98 Å². The van der Waals surface area contributed by atoms with Crippen molar-refractivity contribution < 1.29 is 4.74 Å². The van der Waals surface area contributed by atoms with E-state index in [-0.39, 0.29) is 11.7 Å². The van der Waals surface area contributed by atoms with Gasteiger partial charge in [0, 0.05) is 17.9 Å². The first-order chi connectivity index (χ1) is 16.8. The van der Waals surface area contributed by atoms with Gasteiger partial charge in [0.25, 0.3) is 5.56 Å². The summed E-state index contributed by atoms with van der Waals surface area (Å²) in [5.74, 6) is 1.55.